The largest absolute Gasteiger partial charge is 0.349 e. The molecule has 0 saturated heterocycles. The van der Waals surface area contributed by atoms with Crippen molar-refractivity contribution in [2.45, 2.75) is 38.1 Å². The van der Waals surface area contributed by atoms with Crippen LogP contribution in [0.25, 0.3) is 0 Å². The summed E-state index contributed by atoms with van der Waals surface area (Å²) in [5.41, 5.74) is 1.89. The lowest BCUT2D eigenvalue weighted by Gasteiger charge is -2.31. The second-order valence-corrected chi connectivity index (χ2v) is 5.67. The molecule has 3 N–H and O–H groups in total. The number of rotatable bonds is 5. The van der Waals surface area contributed by atoms with E-state index in [-0.39, 0.29) is 30.0 Å². The van der Waals surface area contributed by atoms with Gasteiger partial charge in [0.25, 0.3) is 11.6 Å². The summed E-state index contributed by atoms with van der Waals surface area (Å²) in [5.74, 6) is -0.814. The lowest BCUT2D eigenvalue weighted by atomic mass is 9.82. The molecule has 1 aromatic rings. The number of hydrogen-bond donors (Lipinski definition) is 3. The third-order valence-corrected chi connectivity index (χ3v) is 4.14. The second-order valence-electron chi connectivity index (χ2n) is 5.67. The first kappa shape index (κ1) is 16.9. The first-order valence-corrected chi connectivity index (χ1v) is 7.49. The molecular weight excluding hydrogens is 302 g/mol. The van der Waals surface area contributed by atoms with Gasteiger partial charge in [0.15, 0.2) is 0 Å². The molecule has 1 saturated carbocycles. The Morgan fingerprint density at radius 1 is 1.22 bits per heavy atom. The van der Waals surface area contributed by atoms with Crippen LogP contribution in [-0.2, 0) is 4.79 Å². The van der Waals surface area contributed by atoms with Crippen LogP contribution in [0.2, 0.25) is 0 Å². The van der Waals surface area contributed by atoms with Crippen LogP contribution in [0.3, 0.4) is 0 Å². The van der Waals surface area contributed by atoms with Gasteiger partial charge in [-0.2, -0.15) is 0 Å². The van der Waals surface area contributed by atoms with Crippen LogP contribution >= 0.6 is 0 Å². The Balaban J connectivity index is 2.01. The lowest BCUT2D eigenvalue weighted by Crippen LogP contribution is -2.43. The van der Waals surface area contributed by atoms with Gasteiger partial charge >= 0.3 is 0 Å². The van der Waals surface area contributed by atoms with E-state index in [2.05, 4.69) is 5.32 Å². The molecule has 0 spiro atoms. The van der Waals surface area contributed by atoms with Crippen LogP contribution in [0.15, 0.2) is 24.3 Å². The Bertz CT molecular complexity index is 587. The van der Waals surface area contributed by atoms with Crippen molar-refractivity contribution in [1.29, 1.82) is 0 Å². The van der Waals surface area contributed by atoms with Gasteiger partial charge in [-0.15, -0.1) is 0 Å². The van der Waals surface area contributed by atoms with Gasteiger partial charge in [-0.25, -0.2) is 5.48 Å². The van der Waals surface area contributed by atoms with Gasteiger partial charge in [0.2, 0.25) is 5.91 Å². The van der Waals surface area contributed by atoms with Crippen LogP contribution in [0.5, 0.6) is 0 Å². The van der Waals surface area contributed by atoms with E-state index >= 15 is 0 Å². The Kier molecular flexibility index (Phi) is 5.64. The molecule has 1 aliphatic carbocycles. The highest BCUT2D eigenvalue weighted by atomic mass is 16.6. The summed E-state index contributed by atoms with van der Waals surface area (Å²) < 4.78 is 0. The molecule has 0 aromatic heterocycles. The van der Waals surface area contributed by atoms with Gasteiger partial charge in [-0.05, 0) is 30.9 Å². The SMILES string of the molecule is O=C(C[C@@H]1CCCC[C@H]1NC(=O)c1ccc([N+](=O)[O-])cc1)NO. The molecule has 1 aliphatic rings. The maximum atomic E-state index is 12.3. The number of nitro benzene ring substituents is 1. The van der Waals surface area contributed by atoms with E-state index in [9.17, 15) is 19.7 Å². The molecule has 0 bridgehead atoms. The van der Waals surface area contributed by atoms with E-state index in [1.165, 1.54) is 24.3 Å². The van der Waals surface area contributed by atoms with Crippen molar-refractivity contribution < 1.29 is 19.7 Å². The first-order valence-electron chi connectivity index (χ1n) is 7.49. The van der Waals surface area contributed by atoms with Gasteiger partial charge in [0.05, 0.1) is 4.92 Å². The van der Waals surface area contributed by atoms with Gasteiger partial charge in [-0.3, -0.25) is 24.9 Å². The molecule has 124 valence electrons. The molecule has 0 radical (unpaired) electrons. The van der Waals surface area contributed by atoms with Crippen LogP contribution in [0.1, 0.15) is 42.5 Å². The minimum atomic E-state index is -0.521. The minimum absolute atomic E-state index is 0.0297. The zero-order chi connectivity index (χ0) is 16.8. The minimum Gasteiger partial charge on any atom is -0.349 e. The van der Waals surface area contributed by atoms with Crippen molar-refractivity contribution in [2.75, 3.05) is 0 Å². The Morgan fingerprint density at radius 3 is 2.48 bits per heavy atom. The van der Waals surface area contributed by atoms with E-state index in [1.54, 1.807) is 5.48 Å². The molecule has 23 heavy (non-hydrogen) atoms. The summed E-state index contributed by atoms with van der Waals surface area (Å²) in [6, 6.07) is 5.24. The standard InChI is InChI=1S/C15H19N3O5/c19-14(17-21)9-11-3-1-2-4-13(11)16-15(20)10-5-7-12(8-6-10)18(22)23/h5-8,11,13,21H,1-4,9H2,(H,16,20)(H,17,19)/t11-,13+/m0/s1. The van der Waals surface area contributed by atoms with Crippen LogP contribution < -0.4 is 10.8 Å². The quantitative estimate of drug-likeness (QED) is 0.433. The molecule has 1 fully saturated rings. The van der Waals surface area contributed by atoms with Crippen molar-refractivity contribution in [2.24, 2.45) is 5.92 Å². The number of nitro groups is 1. The fourth-order valence-electron chi connectivity index (χ4n) is 2.91. The van der Waals surface area contributed by atoms with Crippen LogP contribution in [0.4, 0.5) is 5.69 Å². The fraction of sp³-hybridized carbons (Fsp3) is 0.467. The third kappa shape index (κ3) is 4.49. The number of hydrogen-bond acceptors (Lipinski definition) is 5. The molecule has 2 rings (SSSR count). The highest BCUT2D eigenvalue weighted by Gasteiger charge is 2.28. The van der Waals surface area contributed by atoms with E-state index in [0.717, 1.165) is 25.7 Å². The van der Waals surface area contributed by atoms with Crippen molar-refractivity contribution in [1.82, 2.24) is 10.8 Å². The Morgan fingerprint density at radius 2 is 1.87 bits per heavy atom. The molecule has 1 aromatic carbocycles. The highest BCUT2D eigenvalue weighted by molar-refractivity contribution is 5.94. The second kappa shape index (κ2) is 7.68. The monoisotopic (exact) mass is 321 g/mol. The first-order chi connectivity index (χ1) is 11.0. The van der Waals surface area contributed by atoms with Gasteiger partial charge in [0.1, 0.15) is 0 Å². The van der Waals surface area contributed by atoms with E-state index in [0.29, 0.717) is 5.56 Å². The number of non-ortho nitro benzene ring substituents is 1. The van der Waals surface area contributed by atoms with Crippen molar-refractivity contribution >= 4 is 17.5 Å². The summed E-state index contributed by atoms with van der Waals surface area (Å²) >= 11 is 0. The lowest BCUT2D eigenvalue weighted by molar-refractivity contribution is -0.384. The van der Waals surface area contributed by atoms with Crippen LogP contribution in [0, 0.1) is 16.0 Å². The molecule has 0 unspecified atom stereocenters. The molecular formula is C15H19N3O5. The predicted octanol–water partition coefficient (Wildman–Crippen LogP) is 1.78. The summed E-state index contributed by atoms with van der Waals surface area (Å²) in [7, 11) is 0. The predicted molar refractivity (Wildman–Crippen MR) is 80.9 cm³/mol. The molecule has 8 nitrogen and oxygen atoms in total. The molecule has 8 heteroatoms. The smallest absolute Gasteiger partial charge is 0.269 e. The zero-order valence-corrected chi connectivity index (χ0v) is 12.5. The number of carbonyl (C=O) groups is 2. The molecule has 0 aliphatic heterocycles. The number of nitrogens with one attached hydrogen (secondary N) is 2. The van der Waals surface area contributed by atoms with Gasteiger partial charge in [0, 0.05) is 30.2 Å². The van der Waals surface area contributed by atoms with Gasteiger partial charge < -0.3 is 5.32 Å². The normalized spacial score (nSPS) is 20.6. The third-order valence-electron chi connectivity index (χ3n) is 4.14. The number of carbonyl (C=O) groups excluding carboxylic acids is 2. The summed E-state index contributed by atoms with van der Waals surface area (Å²) in [4.78, 5) is 33.7. The fourth-order valence-corrected chi connectivity index (χ4v) is 2.91. The zero-order valence-electron chi connectivity index (χ0n) is 12.5. The van der Waals surface area contributed by atoms with Gasteiger partial charge in [-0.1, -0.05) is 12.8 Å². The number of hydroxylamine groups is 1. The van der Waals surface area contributed by atoms with Crippen molar-refractivity contribution in [3.63, 3.8) is 0 Å². The highest BCUT2D eigenvalue weighted by Crippen LogP contribution is 2.27. The Hall–Kier alpha value is -2.48. The molecule has 0 heterocycles. The summed E-state index contributed by atoms with van der Waals surface area (Å²) in [6.07, 6.45) is 3.66. The van der Waals surface area contributed by atoms with Crippen molar-refractivity contribution in [3.8, 4) is 0 Å². The van der Waals surface area contributed by atoms with E-state index in [1.807, 2.05) is 0 Å². The van der Waals surface area contributed by atoms with Crippen LogP contribution in [-0.4, -0.2) is 28.0 Å². The Labute approximate surface area is 133 Å². The molecule has 2 atom stereocenters. The van der Waals surface area contributed by atoms with E-state index in [4.69, 9.17) is 5.21 Å². The summed E-state index contributed by atoms with van der Waals surface area (Å²) in [5, 5.41) is 22.2. The number of amides is 2. The van der Waals surface area contributed by atoms with Crippen molar-refractivity contribution in [3.05, 3.63) is 39.9 Å². The number of benzene rings is 1. The topological polar surface area (TPSA) is 122 Å². The maximum Gasteiger partial charge on any atom is 0.269 e. The number of nitrogens with zero attached hydrogens (tertiary/aromatic N) is 1. The maximum absolute atomic E-state index is 12.3. The average Bonchev–Trinajstić information content (AvgIpc) is 2.56. The van der Waals surface area contributed by atoms with E-state index < -0.39 is 10.8 Å². The average molecular weight is 321 g/mol. The summed E-state index contributed by atoms with van der Waals surface area (Å²) in [6.45, 7) is 0. The molecule has 2 amide bonds.